The molecule has 0 aromatic heterocycles. The fourth-order valence-corrected chi connectivity index (χ4v) is 0.885. The second-order valence-corrected chi connectivity index (χ2v) is 3.17. The average molecular weight is 198 g/mol. The van der Waals surface area contributed by atoms with Crippen molar-refractivity contribution in [3.63, 3.8) is 0 Å². The lowest BCUT2D eigenvalue weighted by Crippen LogP contribution is -2.34. The molecular weight excluding hydrogens is 180 g/mol. The van der Waals surface area contributed by atoms with Gasteiger partial charge in [0, 0.05) is 13.7 Å². The molecule has 1 atom stereocenters. The van der Waals surface area contributed by atoms with E-state index < -0.39 is 0 Å². The smallest absolute Gasteiger partial charge is 0.225 e. The SMILES string of the molecule is CCCOCCC(=O)N(C)C(C)C#N. The minimum atomic E-state index is -0.367. The van der Waals surface area contributed by atoms with Crippen LogP contribution >= 0.6 is 0 Å². The normalized spacial score (nSPS) is 11.9. The number of hydrogen-bond donors (Lipinski definition) is 0. The first-order valence-corrected chi connectivity index (χ1v) is 4.86. The van der Waals surface area contributed by atoms with E-state index in [1.165, 1.54) is 4.90 Å². The molecule has 80 valence electrons. The molecule has 1 amide bonds. The maximum atomic E-state index is 11.4. The molecule has 1 unspecified atom stereocenters. The standard InChI is InChI=1S/C10H18N2O2/c1-4-6-14-7-5-10(13)12(3)9(2)8-11/h9H,4-7H2,1-3H3. The highest BCUT2D eigenvalue weighted by molar-refractivity contribution is 5.76. The quantitative estimate of drug-likeness (QED) is 0.602. The van der Waals surface area contributed by atoms with Crippen LogP contribution in [0, 0.1) is 11.3 Å². The second-order valence-electron chi connectivity index (χ2n) is 3.17. The van der Waals surface area contributed by atoms with Gasteiger partial charge in [-0.25, -0.2) is 0 Å². The predicted octanol–water partition coefficient (Wildman–Crippen LogP) is 1.17. The zero-order chi connectivity index (χ0) is 11.0. The highest BCUT2D eigenvalue weighted by Gasteiger charge is 2.13. The van der Waals surface area contributed by atoms with Crippen molar-refractivity contribution in [3.05, 3.63) is 0 Å². The van der Waals surface area contributed by atoms with Crippen LogP contribution in [-0.4, -0.2) is 37.1 Å². The predicted molar refractivity (Wildman–Crippen MR) is 53.6 cm³/mol. The highest BCUT2D eigenvalue weighted by atomic mass is 16.5. The van der Waals surface area contributed by atoms with Gasteiger partial charge in [-0.05, 0) is 13.3 Å². The number of carbonyl (C=O) groups excluding carboxylic acids is 1. The molecule has 0 fully saturated rings. The van der Waals surface area contributed by atoms with Gasteiger partial charge < -0.3 is 9.64 Å². The van der Waals surface area contributed by atoms with Crippen LogP contribution in [0.2, 0.25) is 0 Å². The summed E-state index contributed by atoms with van der Waals surface area (Å²) in [6.07, 6.45) is 1.31. The molecule has 0 N–H and O–H groups in total. The zero-order valence-corrected chi connectivity index (χ0v) is 9.12. The van der Waals surface area contributed by atoms with E-state index in [2.05, 4.69) is 0 Å². The Morgan fingerprint density at radius 1 is 1.57 bits per heavy atom. The Morgan fingerprint density at radius 3 is 2.71 bits per heavy atom. The van der Waals surface area contributed by atoms with Crippen molar-refractivity contribution in [2.75, 3.05) is 20.3 Å². The first kappa shape index (κ1) is 12.9. The molecule has 0 saturated heterocycles. The first-order valence-electron chi connectivity index (χ1n) is 4.86. The molecule has 0 saturated carbocycles. The number of ether oxygens (including phenoxy) is 1. The molecule has 0 heterocycles. The molecule has 0 aliphatic carbocycles. The summed E-state index contributed by atoms with van der Waals surface area (Å²) in [7, 11) is 1.63. The van der Waals surface area contributed by atoms with Crippen molar-refractivity contribution in [2.24, 2.45) is 0 Å². The first-order chi connectivity index (χ1) is 6.63. The maximum absolute atomic E-state index is 11.4. The third-order valence-corrected chi connectivity index (χ3v) is 1.97. The van der Waals surface area contributed by atoms with Gasteiger partial charge in [-0.15, -0.1) is 0 Å². The van der Waals surface area contributed by atoms with Gasteiger partial charge in [-0.1, -0.05) is 6.92 Å². The summed E-state index contributed by atoms with van der Waals surface area (Å²) in [5.74, 6) is -0.0462. The van der Waals surface area contributed by atoms with Crippen LogP contribution in [-0.2, 0) is 9.53 Å². The van der Waals surface area contributed by atoms with Crippen LogP contribution in [0.5, 0.6) is 0 Å². The highest BCUT2D eigenvalue weighted by Crippen LogP contribution is 1.98. The molecule has 0 aromatic rings. The summed E-state index contributed by atoms with van der Waals surface area (Å²) in [5.41, 5.74) is 0. The number of nitriles is 1. The van der Waals surface area contributed by atoms with E-state index in [9.17, 15) is 4.79 Å². The Balaban J connectivity index is 3.69. The number of carbonyl (C=O) groups is 1. The van der Waals surface area contributed by atoms with Crippen molar-refractivity contribution in [2.45, 2.75) is 32.7 Å². The third kappa shape index (κ3) is 4.83. The van der Waals surface area contributed by atoms with Crippen LogP contribution < -0.4 is 0 Å². The van der Waals surface area contributed by atoms with Crippen LogP contribution in [0.25, 0.3) is 0 Å². The van der Waals surface area contributed by atoms with Crippen LogP contribution in [0.1, 0.15) is 26.7 Å². The van der Waals surface area contributed by atoms with Gasteiger partial charge in [0.2, 0.25) is 5.91 Å². The Labute approximate surface area is 85.5 Å². The molecule has 0 spiro atoms. The van der Waals surface area contributed by atoms with E-state index in [-0.39, 0.29) is 11.9 Å². The molecule has 0 bridgehead atoms. The molecule has 4 nitrogen and oxygen atoms in total. The van der Waals surface area contributed by atoms with Gasteiger partial charge in [-0.3, -0.25) is 4.79 Å². The number of hydrogen-bond acceptors (Lipinski definition) is 3. The van der Waals surface area contributed by atoms with Gasteiger partial charge in [0.25, 0.3) is 0 Å². The average Bonchev–Trinajstić information content (AvgIpc) is 2.21. The Hall–Kier alpha value is -1.08. The zero-order valence-electron chi connectivity index (χ0n) is 9.12. The Morgan fingerprint density at radius 2 is 2.21 bits per heavy atom. The van der Waals surface area contributed by atoms with Crippen molar-refractivity contribution >= 4 is 5.91 Å². The maximum Gasteiger partial charge on any atom is 0.225 e. The summed E-state index contributed by atoms with van der Waals surface area (Å²) in [6, 6.07) is 1.64. The summed E-state index contributed by atoms with van der Waals surface area (Å²) < 4.78 is 5.19. The molecule has 0 rings (SSSR count). The Bertz CT molecular complexity index is 211. The van der Waals surface area contributed by atoms with Crippen LogP contribution in [0.3, 0.4) is 0 Å². The largest absolute Gasteiger partial charge is 0.381 e. The second kappa shape index (κ2) is 7.34. The summed E-state index contributed by atoms with van der Waals surface area (Å²) in [5, 5.41) is 8.59. The number of nitrogens with zero attached hydrogens (tertiary/aromatic N) is 2. The van der Waals surface area contributed by atoms with Crippen LogP contribution in [0.15, 0.2) is 0 Å². The number of amides is 1. The summed E-state index contributed by atoms with van der Waals surface area (Å²) in [4.78, 5) is 12.8. The van der Waals surface area contributed by atoms with Gasteiger partial charge in [0.05, 0.1) is 19.1 Å². The third-order valence-electron chi connectivity index (χ3n) is 1.97. The van der Waals surface area contributed by atoms with Crippen molar-refractivity contribution < 1.29 is 9.53 Å². The number of rotatable bonds is 6. The molecule has 4 heteroatoms. The van der Waals surface area contributed by atoms with E-state index in [0.29, 0.717) is 19.6 Å². The lowest BCUT2D eigenvalue weighted by Gasteiger charge is -2.19. The van der Waals surface area contributed by atoms with Crippen molar-refractivity contribution in [3.8, 4) is 6.07 Å². The lowest BCUT2D eigenvalue weighted by molar-refractivity contribution is -0.131. The Kier molecular flexibility index (Phi) is 6.77. The van der Waals surface area contributed by atoms with Crippen molar-refractivity contribution in [1.29, 1.82) is 5.26 Å². The minimum absolute atomic E-state index is 0.0462. The molecular formula is C10H18N2O2. The summed E-state index contributed by atoms with van der Waals surface area (Å²) >= 11 is 0. The van der Waals surface area contributed by atoms with E-state index in [0.717, 1.165) is 6.42 Å². The fourth-order valence-electron chi connectivity index (χ4n) is 0.885. The van der Waals surface area contributed by atoms with Crippen molar-refractivity contribution in [1.82, 2.24) is 4.90 Å². The molecule has 14 heavy (non-hydrogen) atoms. The van der Waals surface area contributed by atoms with Gasteiger partial charge >= 0.3 is 0 Å². The minimum Gasteiger partial charge on any atom is -0.381 e. The monoisotopic (exact) mass is 198 g/mol. The lowest BCUT2D eigenvalue weighted by atomic mass is 10.3. The fraction of sp³-hybridized carbons (Fsp3) is 0.800. The van der Waals surface area contributed by atoms with E-state index in [1.54, 1.807) is 14.0 Å². The molecule has 0 aromatic carbocycles. The van der Waals surface area contributed by atoms with E-state index in [1.807, 2.05) is 13.0 Å². The summed E-state index contributed by atoms with van der Waals surface area (Å²) in [6.45, 7) is 4.84. The topological polar surface area (TPSA) is 53.3 Å². The van der Waals surface area contributed by atoms with Crippen LogP contribution in [0.4, 0.5) is 0 Å². The molecule has 0 aliphatic heterocycles. The van der Waals surface area contributed by atoms with E-state index in [4.69, 9.17) is 10.00 Å². The van der Waals surface area contributed by atoms with Gasteiger partial charge in [0.1, 0.15) is 6.04 Å². The molecule has 0 radical (unpaired) electrons. The van der Waals surface area contributed by atoms with Gasteiger partial charge in [0.15, 0.2) is 0 Å². The van der Waals surface area contributed by atoms with E-state index >= 15 is 0 Å². The molecule has 0 aliphatic rings. The van der Waals surface area contributed by atoms with Gasteiger partial charge in [-0.2, -0.15) is 5.26 Å².